The fraction of sp³-hybridized carbons (Fsp3) is 0.595. The molecule has 0 N–H and O–H groups in total. The minimum Gasteiger partial charge on any atom is -0.264 e. The summed E-state index contributed by atoms with van der Waals surface area (Å²) in [5.41, 5.74) is 7.94. The van der Waals surface area contributed by atoms with E-state index in [2.05, 4.69) is 115 Å². The van der Waals surface area contributed by atoms with Crippen LogP contribution >= 0.6 is 0 Å². The van der Waals surface area contributed by atoms with Gasteiger partial charge in [-0.3, -0.25) is 15.0 Å². The average Bonchev–Trinajstić information content (AvgIpc) is 2.97. The van der Waals surface area contributed by atoms with E-state index in [9.17, 15) is 0 Å². The molecule has 3 rings (SSSR count). The molecule has 0 atom stereocenters. The Kier molecular flexibility index (Phi) is 26.6. The van der Waals surface area contributed by atoms with E-state index in [1.165, 1.54) is 22.3 Å². The van der Waals surface area contributed by atoms with Crippen LogP contribution in [0.15, 0.2) is 55.1 Å². The molecule has 0 fully saturated rings. The summed E-state index contributed by atoms with van der Waals surface area (Å²) in [6.45, 7) is 36.1. The predicted molar refractivity (Wildman–Crippen MR) is 182 cm³/mol. The third-order valence-electron chi connectivity index (χ3n) is 5.84. The first-order chi connectivity index (χ1) is 19.0. The molecule has 0 aliphatic carbocycles. The van der Waals surface area contributed by atoms with Crippen molar-refractivity contribution in [2.45, 2.75) is 147 Å². The molecule has 0 radical (unpaired) electrons. The van der Waals surface area contributed by atoms with Gasteiger partial charge in [0.1, 0.15) is 0 Å². The molecule has 0 unspecified atom stereocenters. The van der Waals surface area contributed by atoms with E-state index >= 15 is 0 Å². The molecule has 2 aromatic heterocycles. The largest absolute Gasteiger partial charge is 0.264 e. The van der Waals surface area contributed by atoms with E-state index in [1.54, 1.807) is 12.4 Å². The van der Waals surface area contributed by atoms with Crippen LogP contribution in [0.3, 0.4) is 0 Å². The van der Waals surface area contributed by atoms with Crippen molar-refractivity contribution in [2.75, 3.05) is 0 Å². The van der Waals surface area contributed by atoms with Crippen molar-refractivity contribution in [1.82, 2.24) is 15.0 Å². The minimum atomic E-state index is 0.480. The van der Waals surface area contributed by atoms with E-state index in [0.29, 0.717) is 29.6 Å². The molecule has 2 heterocycles. The molecule has 0 spiro atoms. The first kappa shape index (κ1) is 41.9. The first-order valence-electron chi connectivity index (χ1n) is 15.8. The molecule has 0 saturated carbocycles. The highest BCUT2D eigenvalue weighted by Crippen LogP contribution is 2.25. The molecule has 3 nitrogen and oxygen atoms in total. The summed E-state index contributed by atoms with van der Waals surface area (Å²) in [5.74, 6) is 2.95. The van der Waals surface area contributed by atoms with Gasteiger partial charge in [-0.05, 0) is 64.8 Å². The number of aryl methyl sites for hydroxylation is 1. The predicted octanol–water partition coefficient (Wildman–Crippen LogP) is 12.2. The maximum atomic E-state index is 4.22. The number of hydrogen-bond acceptors (Lipinski definition) is 3. The molecule has 3 heteroatoms. The second kappa shape index (κ2) is 25.4. The van der Waals surface area contributed by atoms with E-state index < -0.39 is 0 Å². The Morgan fingerprint density at radius 2 is 0.825 bits per heavy atom. The molecule has 0 amide bonds. The highest BCUT2D eigenvalue weighted by molar-refractivity contribution is 5.32. The molecular weight excluding hydrogens is 486 g/mol. The van der Waals surface area contributed by atoms with Crippen molar-refractivity contribution in [2.24, 2.45) is 0 Å². The molecule has 40 heavy (non-hydrogen) atoms. The van der Waals surface area contributed by atoms with Crippen molar-refractivity contribution in [3.8, 4) is 0 Å². The van der Waals surface area contributed by atoms with E-state index in [1.807, 2.05) is 60.9 Å². The summed E-state index contributed by atoms with van der Waals surface area (Å²) in [5, 5.41) is 0. The van der Waals surface area contributed by atoms with Gasteiger partial charge >= 0.3 is 0 Å². The number of pyridine rings is 1. The maximum absolute atomic E-state index is 4.22. The van der Waals surface area contributed by atoms with Crippen LogP contribution in [-0.4, -0.2) is 15.0 Å². The SMILES string of the molecule is CC.CC.CC.CC(C)c1ccccc1C(C)C.CC(C)c1ccncc1C(C)C.Cc1nccnc1C(C)C. The van der Waals surface area contributed by atoms with Gasteiger partial charge in [-0.2, -0.15) is 0 Å². The molecule has 0 saturated heterocycles. The lowest BCUT2D eigenvalue weighted by Crippen LogP contribution is -1.98. The summed E-state index contributed by atoms with van der Waals surface area (Å²) in [7, 11) is 0. The Morgan fingerprint density at radius 3 is 1.12 bits per heavy atom. The lowest BCUT2D eigenvalue weighted by Gasteiger charge is -2.14. The summed E-state index contributed by atoms with van der Waals surface area (Å²) in [4.78, 5) is 12.5. The highest BCUT2D eigenvalue weighted by atomic mass is 14.8. The van der Waals surface area contributed by atoms with Crippen LogP contribution in [0.1, 0.15) is 174 Å². The van der Waals surface area contributed by atoms with Gasteiger partial charge in [-0.1, -0.05) is 135 Å². The van der Waals surface area contributed by atoms with Gasteiger partial charge in [-0.25, -0.2) is 0 Å². The number of rotatable bonds is 5. The van der Waals surface area contributed by atoms with Crippen LogP contribution in [0.25, 0.3) is 0 Å². The second-order valence-electron chi connectivity index (χ2n) is 10.4. The van der Waals surface area contributed by atoms with Crippen LogP contribution in [0, 0.1) is 6.92 Å². The number of nitrogens with zero attached hydrogens (tertiary/aromatic N) is 3. The monoisotopic (exact) mass is 552 g/mol. The number of hydrogen-bond donors (Lipinski definition) is 0. The average molecular weight is 552 g/mol. The zero-order chi connectivity index (χ0) is 31.8. The lowest BCUT2D eigenvalue weighted by molar-refractivity contribution is 0.783. The standard InChI is InChI=1S/C12H18.C11H17N.C8H12N2.3C2H6/c1-9(2)11-7-5-6-8-12(11)10(3)4;1-8(2)10-5-6-12-7-11(10)9(3)4;1-6(2)8-7(3)9-4-5-10-8;3*1-2/h5-10H,1-4H3;5-9H,1-4H3;4-6H,1-3H3;3*1-2H3. The normalized spacial score (nSPS) is 9.75. The zero-order valence-corrected chi connectivity index (χ0v) is 29.4. The van der Waals surface area contributed by atoms with Crippen molar-refractivity contribution in [3.63, 3.8) is 0 Å². The quantitative estimate of drug-likeness (QED) is 0.316. The van der Waals surface area contributed by atoms with E-state index in [0.717, 1.165) is 11.4 Å². The third kappa shape index (κ3) is 16.5. The van der Waals surface area contributed by atoms with Gasteiger partial charge in [-0.15, -0.1) is 0 Å². The molecule has 0 bridgehead atoms. The van der Waals surface area contributed by atoms with Gasteiger partial charge in [0, 0.05) is 24.8 Å². The Morgan fingerprint density at radius 1 is 0.450 bits per heavy atom. The Bertz CT molecular complexity index is 863. The zero-order valence-electron chi connectivity index (χ0n) is 29.4. The maximum Gasteiger partial charge on any atom is 0.0641 e. The minimum absolute atomic E-state index is 0.480. The fourth-order valence-corrected chi connectivity index (χ4v) is 3.97. The smallest absolute Gasteiger partial charge is 0.0641 e. The topological polar surface area (TPSA) is 38.7 Å². The molecule has 3 aromatic rings. The van der Waals surface area contributed by atoms with Crippen molar-refractivity contribution in [1.29, 1.82) is 0 Å². The van der Waals surface area contributed by atoms with Gasteiger partial charge in [0.15, 0.2) is 0 Å². The summed E-state index contributed by atoms with van der Waals surface area (Å²) in [6, 6.07) is 10.8. The van der Waals surface area contributed by atoms with Gasteiger partial charge in [0.25, 0.3) is 0 Å². The molecule has 1 aromatic carbocycles. The van der Waals surface area contributed by atoms with E-state index in [-0.39, 0.29) is 0 Å². The molecule has 0 aliphatic heterocycles. The highest BCUT2D eigenvalue weighted by Gasteiger charge is 2.09. The molecular formula is C37H65N3. The molecule has 0 aliphatic rings. The van der Waals surface area contributed by atoms with Crippen LogP contribution in [-0.2, 0) is 0 Å². The van der Waals surface area contributed by atoms with Crippen LogP contribution in [0.4, 0.5) is 0 Å². The Balaban J connectivity index is -0.000000470. The van der Waals surface area contributed by atoms with Crippen LogP contribution < -0.4 is 0 Å². The first-order valence-corrected chi connectivity index (χ1v) is 15.8. The van der Waals surface area contributed by atoms with Crippen molar-refractivity contribution in [3.05, 3.63) is 88.8 Å². The summed E-state index contributed by atoms with van der Waals surface area (Å²) < 4.78 is 0. The fourth-order valence-electron chi connectivity index (χ4n) is 3.97. The van der Waals surface area contributed by atoms with E-state index in [4.69, 9.17) is 0 Å². The van der Waals surface area contributed by atoms with Crippen LogP contribution in [0.5, 0.6) is 0 Å². The molecule has 228 valence electrons. The summed E-state index contributed by atoms with van der Waals surface area (Å²) >= 11 is 0. The van der Waals surface area contributed by atoms with Crippen molar-refractivity contribution >= 4 is 0 Å². The van der Waals surface area contributed by atoms with Gasteiger partial charge < -0.3 is 0 Å². The Hall–Kier alpha value is -2.55. The third-order valence-corrected chi connectivity index (χ3v) is 5.84. The van der Waals surface area contributed by atoms with Crippen molar-refractivity contribution < 1.29 is 0 Å². The number of aromatic nitrogens is 3. The summed E-state index contributed by atoms with van der Waals surface area (Å²) in [6.07, 6.45) is 7.32. The second-order valence-corrected chi connectivity index (χ2v) is 10.4. The number of benzene rings is 1. The Labute approximate surface area is 250 Å². The lowest BCUT2D eigenvalue weighted by atomic mass is 9.91. The van der Waals surface area contributed by atoms with Gasteiger partial charge in [0.2, 0.25) is 0 Å². The van der Waals surface area contributed by atoms with Crippen LogP contribution in [0.2, 0.25) is 0 Å². The van der Waals surface area contributed by atoms with Gasteiger partial charge in [0.05, 0.1) is 11.4 Å².